The van der Waals surface area contributed by atoms with Gasteiger partial charge in [0, 0.05) is 27.5 Å². The highest BCUT2D eigenvalue weighted by molar-refractivity contribution is 7.10. The fourth-order valence-corrected chi connectivity index (χ4v) is 4.55. The number of amides is 3. The second-order valence-electron chi connectivity index (χ2n) is 6.89. The second-order valence-corrected chi connectivity index (χ2v) is 8.27. The molecule has 3 rings (SSSR count). The van der Waals surface area contributed by atoms with Crippen LogP contribution in [0, 0.1) is 0 Å². The van der Waals surface area contributed by atoms with E-state index in [0.29, 0.717) is 17.3 Å². The Bertz CT molecular complexity index is 831. The van der Waals surface area contributed by atoms with Gasteiger partial charge < -0.3 is 16.0 Å². The maximum absolute atomic E-state index is 12.2. The van der Waals surface area contributed by atoms with Crippen LogP contribution in [0.3, 0.4) is 0 Å². The van der Waals surface area contributed by atoms with Gasteiger partial charge in [-0.15, -0.1) is 11.3 Å². The molecule has 3 amide bonds. The van der Waals surface area contributed by atoms with E-state index in [2.05, 4.69) is 27.4 Å². The average Bonchev–Trinajstić information content (AvgIpc) is 3.38. The molecule has 0 atom stereocenters. The summed E-state index contributed by atoms with van der Waals surface area (Å²) in [7, 11) is 0. The van der Waals surface area contributed by atoms with Gasteiger partial charge in [-0.1, -0.05) is 30.5 Å². The van der Waals surface area contributed by atoms with Crippen molar-refractivity contribution in [3.05, 3.63) is 51.7 Å². The van der Waals surface area contributed by atoms with Crippen LogP contribution in [0.2, 0.25) is 5.02 Å². The zero-order valence-electron chi connectivity index (χ0n) is 15.3. The molecule has 0 aliphatic heterocycles. The predicted molar refractivity (Wildman–Crippen MR) is 111 cm³/mol. The van der Waals surface area contributed by atoms with E-state index in [1.807, 2.05) is 6.07 Å². The number of anilines is 1. The first-order chi connectivity index (χ1) is 13.5. The summed E-state index contributed by atoms with van der Waals surface area (Å²) in [6, 6.07) is 10.5. The Hall–Kier alpha value is -2.38. The topological polar surface area (TPSA) is 87.3 Å². The zero-order chi connectivity index (χ0) is 20.0. The molecule has 0 spiro atoms. The van der Waals surface area contributed by atoms with Crippen LogP contribution >= 0.6 is 22.9 Å². The number of hydrogen-bond acceptors (Lipinski definition) is 4. The molecule has 1 fully saturated rings. The molecular formula is C20H22ClN3O3S. The van der Waals surface area contributed by atoms with Gasteiger partial charge in [0.2, 0.25) is 5.91 Å². The molecule has 1 aromatic heterocycles. The molecule has 28 heavy (non-hydrogen) atoms. The van der Waals surface area contributed by atoms with Gasteiger partial charge in [-0.2, -0.15) is 0 Å². The van der Waals surface area contributed by atoms with Gasteiger partial charge in [0.05, 0.1) is 6.54 Å². The molecule has 8 heteroatoms. The summed E-state index contributed by atoms with van der Waals surface area (Å²) >= 11 is 7.49. The summed E-state index contributed by atoms with van der Waals surface area (Å²) in [6.07, 6.45) is 4.39. The van der Waals surface area contributed by atoms with E-state index in [-0.39, 0.29) is 17.9 Å². The van der Waals surface area contributed by atoms with Crippen molar-refractivity contribution in [2.75, 3.05) is 18.4 Å². The number of rotatable bonds is 6. The minimum Gasteiger partial charge on any atom is -0.354 e. The molecule has 0 bridgehead atoms. The molecule has 1 saturated carbocycles. The van der Waals surface area contributed by atoms with E-state index in [9.17, 15) is 14.4 Å². The van der Waals surface area contributed by atoms with Crippen molar-refractivity contribution < 1.29 is 14.4 Å². The van der Waals surface area contributed by atoms with Gasteiger partial charge in [0.15, 0.2) is 0 Å². The fraction of sp³-hybridized carbons (Fsp3) is 0.350. The number of benzene rings is 1. The summed E-state index contributed by atoms with van der Waals surface area (Å²) in [4.78, 5) is 37.3. The Balaban J connectivity index is 1.45. The number of hydrogen-bond donors (Lipinski definition) is 3. The molecule has 1 heterocycles. The summed E-state index contributed by atoms with van der Waals surface area (Å²) in [6.45, 7) is 0.298. The molecule has 0 saturated heterocycles. The Kier molecular flexibility index (Phi) is 6.70. The second kappa shape index (κ2) is 9.21. The number of carbonyl (C=O) groups is 3. The number of carbonyl (C=O) groups excluding carboxylic acids is 3. The largest absolute Gasteiger partial charge is 0.354 e. The Labute approximate surface area is 172 Å². The Morgan fingerprint density at radius 2 is 1.71 bits per heavy atom. The van der Waals surface area contributed by atoms with E-state index < -0.39 is 11.8 Å². The van der Waals surface area contributed by atoms with Gasteiger partial charge in [-0.25, -0.2) is 0 Å². The smallest absolute Gasteiger partial charge is 0.313 e. The van der Waals surface area contributed by atoms with Crippen LogP contribution < -0.4 is 16.0 Å². The minimum absolute atomic E-state index is 0.0141. The van der Waals surface area contributed by atoms with Crippen molar-refractivity contribution in [3.8, 4) is 0 Å². The van der Waals surface area contributed by atoms with Crippen LogP contribution in [0.4, 0.5) is 5.69 Å². The third-order valence-electron chi connectivity index (χ3n) is 4.95. The van der Waals surface area contributed by atoms with Crippen LogP contribution in [0.15, 0.2) is 41.8 Å². The molecule has 1 aromatic carbocycles. The van der Waals surface area contributed by atoms with Gasteiger partial charge >= 0.3 is 11.8 Å². The van der Waals surface area contributed by atoms with E-state index in [4.69, 9.17) is 11.6 Å². The summed E-state index contributed by atoms with van der Waals surface area (Å²) in [5, 5.41) is 10.3. The lowest BCUT2D eigenvalue weighted by molar-refractivity contribution is -0.136. The Morgan fingerprint density at radius 1 is 1.00 bits per heavy atom. The minimum atomic E-state index is -0.862. The first kappa shape index (κ1) is 20.4. The van der Waals surface area contributed by atoms with Gasteiger partial charge in [0.1, 0.15) is 0 Å². The zero-order valence-corrected chi connectivity index (χ0v) is 16.9. The van der Waals surface area contributed by atoms with Crippen LogP contribution in [0.1, 0.15) is 30.6 Å². The Morgan fingerprint density at radius 3 is 2.36 bits per heavy atom. The van der Waals surface area contributed by atoms with Crippen LogP contribution in [0.5, 0.6) is 0 Å². The molecule has 0 radical (unpaired) electrons. The first-order valence-electron chi connectivity index (χ1n) is 9.14. The molecule has 3 N–H and O–H groups in total. The number of thiophene rings is 1. The summed E-state index contributed by atoms with van der Waals surface area (Å²) < 4.78 is 0. The molecule has 1 aliphatic carbocycles. The molecule has 1 aliphatic rings. The van der Waals surface area contributed by atoms with Crippen molar-refractivity contribution in [2.24, 2.45) is 0 Å². The lowest BCUT2D eigenvalue weighted by Gasteiger charge is -2.28. The van der Waals surface area contributed by atoms with Crippen molar-refractivity contribution in [1.29, 1.82) is 0 Å². The van der Waals surface area contributed by atoms with Crippen molar-refractivity contribution >= 4 is 46.3 Å². The van der Waals surface area contributed by atoms with Gasteiger partial charge in [0.25, 0.3) is 0 Å². The monoisotopic (exact) mass is 419 g/mol. The molecule has 148 valence electrons. The van der Waals surface area contributed by atoms with Crippen LogP contribution in [-0.4, -0.2) is 30.8 Å². The average molecular weight is 420 g/mol. The van der Waals surface area contributed by atoms with Gasteiger partial charge in [-0.05, 0) is 48.6 Å². The van der Waals surface area contributed by atoms with Crippen LogP contribution in [-0.2, 0) is 19.8 Å². The normalized spacial score (nSPS) is 15.0. The number of halogens is 1. The third kappa shape index (κ3) is 5.11. The van der Waals surface area contributed by atoms with E-state index >= 15 is 0 Å². The lowest BCUT2D eigenvalue weighted by Crippen LogP contribution is -2.45. The first-order valence-corrected chi connectivity index (χ1v) is 10.4. The predicted octanol–water partition coefficient (Wildman–Crippen LogP) is 3.08. The highest BCUT2D eigenvalue weighted by Crippen LogP contribution is 2.42. The maximum atomic E-state index is 12.2. The SMILES string of the molecule is O=C(CNC(=O)C(=O)Nc1ccc(Cl)cc1)NCC1(c2cccs2)CCCC1. The van der Waals surface area contributed by atoms with Gasteiger partial charge in [-0.3, -0.25) is 14.4 Å². The molecule has 0 unspecified atom stereocenters. The fourth-order valence-electron chi connectivity index (χ4n) is 3.43. The van der Waals surface area contributed by atoms with Crippen LogP contribution in [0.25, 0.3) is 0 Å². The quantitative estimate of drug-likeness (QED) is 0.629. The van der Waals surface area contributed by atoms with E-state index in [1.165, 1.54) is 4.88 Å². The molecular weight excluding hydrogens is 398 g/mol. The van der Waals surface area contributed by atoms with Crippen molar-refractivity contribution in [2.45, 2.75) is 31.1 Å². The van der Waals surface area contributed by atoms with Crippen molar-refractivity contribution in [3.63, 3.8) is 0 Å². The number of nitrogens with one attached hydrogen (secondary N) is 3. The standard InChI is InChI=1S/C20H22ClN3O3S/c21-14-5-7-15(8-6-14)24-19(27)18(26)22-12-17(25)23-13-20(9-1-2-10-20)16-4-3-11-28-16/h3-8,11H,1-2,9-10,12-13H2,(H,22,26)(H,23,25)(H,24,27). The van der Waals surface area contributed by atoms with Crippen molar-refractivity contribution in [1.82, 2.24) is 10.6 Å². The summed E-state index contributed by atoms with van der Waals surface area (Å²) in [5.41, 5.74) is 0.438. The van der Waals surface area contributed by atoms with E-state index in [0.717, 1.165) is 25.7 Å². The highest BCUT2D eigenvalue weighted by atomic mass is 35.5. The molecule has 2 aromatic rings. The van der Waals surface area contributed by atoms with E-state index in [1.54, 1.807) is 35.6 Å². The highest BCUT2D eigenvalue weighted by Gasteiger charge is 2.36. The summed E-state index contributed by atoms with van der Waals surface area (Å²) in [5.74, 6) is -2.00. The molecule has 6 nitrogen and oxygen atoms in total. The lowest BCUT2D eigenvalue weighted by atomic mass is 9.84. The maximum Gasteiger partial charge on any atom is 0.313 e. The third-order valence-corrected chi connectivity index (χ3v) is 6.31.